The van der Waals surface area contributed by atoms with Crippen LogP contribution in [-0.4, -0.2) is 35.2 Å². The van der Waals surface area contributed by atoms with E-state index in [1.807, 2.05) is 30.3 Å². The molecule has 0 bridgehead atoms. The predicted molar refractivity (Wildman–Crippen MR) is 82.3 cm³/mol. The molecular weight excluding hydrogens is 282 g/mol. The number of amides is 1. The fraction of sp³-hybridized carbons (Fsp3) is 0.412. The SMILES string of the molecule is C=CC1(CC(=O)O)CCN(C(=O)OCc2ccccc2)CC1. The molecule has 2 rings (SSSR count). The molecule has 1 fully saturated rings. The van der Waals surface area contributed by atoms with Gasteiger partial charge in [-0.1, -0.05) is 36.4 Å². The first-order valence-electron chi connectivity index (χ1n) is 7.36. The quantitative estimate of drug-likeness (QED) is 0.849. The average Bonchev–Trinajstić information content (AvgIpc) is 2.53. The van der Waals surface area contributed by atoms with Gasteiger partial charge in [-0.25, -0.2) is 4.79 Å². The van der Waals surface area contributed by atoms with Gasteiger partial charge in [0, 0.05) is 18.5 Å². The van der Waals surface area contributed by atoms with Crippen LogP contribution in [-0.2, 0) is 16.1 Å². The maximum atomic E-state index is 12.1. The molecule has 1 aromatic rings. The lowest BCUT2D eigenvalue weighted by Crippen LogP contribution is -2.43. The fourth-order valence-corrected chi connectivity index (χ4v) is 2.70. The van der Waals surface area contributed by atoms with Crippen LogP contribution in [0.25, 0.3) is 0 Å². The first-order chi connectivity index (χ1) is 10.5. The van der Waals surface area contributed by atoms with Crippen molar-refractivity contribution in [1.82, 2.24) is 4.90 Å². The highest BCUT2D eigenvalue weighted by atomic mass is 16.6. The second-order valence-corrected chi connectivity index (χ2v) is 5.66. The van der Waals surface area contributed by atoms with E-state index in [1.54, 1.807) is 11.0 Å². The molecule has 118 valence electrons. The van der Waals surface area contributed by atoms with E-state index in [4.69, 9.17) is 9.84 Å². The van der Waals surface area contributed by atoms with Crippen molar-refractivity contribution < 1.29 is 19.4 Å². The Morgan fingerprint density at radius 3 is 2.45 bits per heavy atom. The van der Waals surface area contributed by atoms with Gasteiger partial charge in [0.15, 0.2) is 0 Å². The van der Waals surface area contributed by atoms with Crippen LogP contribution in [0, 0.1) is 5.41 Å². The summed E-state index contributed by atoms with van der Waals surface area (Å²) in [6.45, 7) is 4.99. The maximum Gasteiger partial charge on any atom is 0.410 e. The topological polar surface area (TPSA) is 66.8 Å². The highest BCUT2D eigenvalue weighted by molar-refractivity contribution is 5.69. The lowest BCUT2D eigenvalue weighted by Gasteiger charge is -2.38. The molecule has 1 saturated heterocycles. The minimum Gasteiger partial charge on any atom is -0.481 e. The van der Waals surface area contributed by atoms with Gasteiger partial charge in [-0.15, -0.1) is 6.58 Å². The number of benzene rings is 1. The summed E-state index contributed by atoms with van der Waals surface area (Å²) in [6, 6.07) is 9.51. The maximum absolute atomic E-state index is 12.1. The Balaban J connectivity index is 1.84. The summed E-state index contributed by atoms with van der Waals surface area (Å²) in [5, 5.41) is 8.99. The van der Waals surface area contributed by atoms with Crippen LogP contribution in [0.5, 0.6) is 0 Å². The summed E-state index contributed by atoms with van der Waals surface area (Å²) in [7, 11) is 0. The van der Waals surface area contributed by atoms with E-state index in [9.17, 15) is 9.59 Å². The summed E-state index contributed by atoms with van der Waals surface area (Å²) in [4.78, 5) is 24.6. The second kappa shape index (κ2) is 7.11. The van der Waals surface area contributed by atoms with Gasteiger partial charge in [-0.3, -0.25) is 4.79 Å². The number of aliphatic carboxylic acids is 1. The molecule has 1 aromatic carbocycles. The number of rotatable bonds is 5. The number of ether oxygens (including phenoxy) is 1. The largest absolute Gasteiger partial charge is 0.481 e. The summed E-state index contributed by atoms with van der Waals surface area (Å²) >= 11 is 0. The highest BCUT2D eigenvalue weighted by Gasteiger charge is 2.35. The lowest BCUT2D eigenvalue weighted by atomic mass is 9.76. The Morgan fingerprint density at radius 2 is 1.91 bits per heavy atom. The predicted octanol–water partition coefficient (Wildman–Crippen LogP) is 3.07. The van der Waals surface area contributed by atoms with Crippen molar-refractivity contribution in [3.05, 3.63) is 48.6 Å². The van der Waals surface area contributed by atoms with Gasteiger partial charge in [0.1, 0.15) is 6.61 Å². The van der Waals surface area contributed by atoms with Gasteiger partial charge in [0.25, 0.3) is 0 Å². The monoisotopic (exact) mass is 303 g/mol. The zero-order valence-corrected chi connectivity index (χ0v) is 12.5. The molecular formula is C17H21NO4. The summed E-state index contributed by atoms with van der Waals surface area (Å²) in [5.41, 5.74) is 0.529. The van der Waals surface area contributed by atoms with Crippen LogP contribution < -0.4 is 0 Å². The molecule has 1 heterocycles. The number of likely N-dealkylation sites (tertiary alicyclic amines) is 1. The number of hydrogen-bond acceptors (Lipinski definition) is 3. The molecule has 1 aliphatic rings. The van der Waals surface area contributed by atoms with Crippen LogP contribution in [0.15, 0.2) is 43.0 Å². The highest BCUT2D eigenvalue weighted by Crippen LogP contribution is 2.36. The number of piperidine rings is 1. The van der Waals surface area contributed by atoms with Crippen molar-refractivity contribution in [2.24, 2.45) is 5.41 Å². The van der Waals surface area contributed by atoms with E-state index in [-0.39, 0.29) is 19.1 Å². The summed E-state index contributed by atoms with van der Waals surface area (Å²) in [5.74, 6) is -0.833. The molecule has 5 nitrogen and oxygen atoms in total. The van der Waals surface area contributed by atoms with Gasteiger partial charge in [-0.2, -0.15) is 0 Å². The number of hydrogen-bond donors (Lipinski definition) is 1. The van der Waals surface area contributed by atoms with Crippen LogP contribution in [0.3, 0.4) is 0 Å². The normalized spacial score (nSPS) is 16.8. The Morgan fingerprint density at radius 1 is 1.27 bits per heavy atom. The third-order valence-corrected chi connectivity index (χ3v) is 4.16. The van der Waals surface area contributed by atoms with E-state index < -0.39 is 11.4 Å². The molecule has 22 heavy (non-hydrogen) atoms. The van der Waals surface area contributed by atoms with Crippen LogP contribution in [0.4, 0.5) is 4.79 Å². The first kappa shape index (κ1) is 16.1. The van der Waals surface area contributed by atoms with Crippen LogP contribution >= 0.6 is 0 Å². The number of carbonyl (C=O) groups excluding carboxylic acids is 1. The Hall–Kier alpha value is -2.30. The minimum atomic E-state index is -0.833. The Bertz CT molecular complexity index is 533. The summed E-state index contributed by atoms with van der Waals surface area (Å²) in [6.07, 6.45) is 2.63. The molecule has 1 aliphatic heterocycles. The smallest absolute Gasteiger partial charge is 0.410 e. The first-order valence-corrected chi connectivity index (χ1v) is 7.36. The van der Waals surface area contributed by atoms with Gasteiger partial charge in [0.2, 0.25) is 0 Å². The van der Waals surface area contributed by atoms with E-state index in [1.165, 1.54) is 0 Å². The average molecular weight is 303 g/mol. The summed E-state index contributed by atoms with van der Waals surface area (Å²) < 4.78 is 5.30. The molecule has 0 saturated carbocycles. The molecule has 0 radical (unpaired) electrons. The third kappa shape index (κ3) is 4.10. The number of carboxylic acids is 1. The van der Waals surface area contributed by atoms with E-state index in [2.05, 4.69) is 6.58 Å². The van der Waals surface area contributed by atoms with E-state index in [0.717, 1.165) is 5.56 Å². The minimum absolute atomic E-state index is 0.0589. The molecule has 5 heteroatoms. The zero-order valence-electron chi connectivity index (χ0n) is 12.5. The van der Waals surface area contributed by atoms with Crippen molar-refractivity contribution in [3.8, 4) is 0 Å². The van der Waals surface area contributed by atoms with Gasteiger partial charge < -0.3 is 14.7 Å². The number of nitrogens with zero attached hydrogens (tertiary/aromatic N) is 1. The van der Waals surface area contributed by atoms with Crippen molar-refractivity contribution in [3.63, 3.8) is 0 Å². The zero-order chi connectivity index (χ0) is 16.0. The van der Waals surface area contributed by atoms with Gasteiger partial charge in [0.05, 0.1) is 6.42 Å². The van der Waals surface area contributed by atoms with Crippen molar-refractivity contribution >= 4 is 12.1 Å². The second-order valence-electron chi connectivity index (χ2n) is 5.66. The number of allylic oxidation sites excluding steroid dienone is 1. The fourth-order valence-electron chi connectivity index (χ4n) is 2.70. The Labute approximate surface area is 130 Å². The van der Waals surface area contributed by atoms with Crippen molar-refractivity contribution in [1.29, 1.82) is 0 Å². The van der Waals surface area contributed by atoms with Crippen LogP contribution in [0.2, 0.25) is 0 Å². The van der Waals surface area contributed by atoms with Gasteiger partial charge >= 0.3 is 12.1 Å². The van der Waals surface area contributed by atoms with Crippen molar-refractivity contribution in [2.45, 2.75) is 25.9 Å². The van der Waals surface area contributed by atoms with Crippen molar-refractivity contribution in [2.75, 3.05) is 13.1 Å². The molecule has 0 atom stereocenters. The molecule has 0 aliphatic carbocycles. The number of carboxylic acid groups (broad SMARTS) is 1. The van der Waals surface area contributed by atoms with E-state index in [0.29, 0.717) is 25.9 Å². The molecule has 0 spiro atoms. The van der Waals surface area contributed by atoms with E-state index >= 15 is 0 Å². The molecule has 0 aromatic heterocycles. The lowest BCUT2D eigenvalue weighted by molar-refractivity contribution is -0.139. The number of carbonyl (C=O) groups is 2. The van der Waals surface area contributed by atoms with Gasteiger partial charge in [-0.05, 0) is 18.4 Å². The van der Waals surface area contributed by atoms with Crippen LogP contribution in [0.1, 0.15) is 24.8 Å². The molecule has 1 N–H and O–H groups in total. The molecule has 0 unspecified atom stereocenters. The third-order valence-electron chi connectivity index (χ3n) is 4.16. The Kier molecular flexibility index (Phi) is 5.20. The standard InChI is InChI=1S/C17H21NO4/c1-2-17(12-15(19)20)8-10-18(11-9-17)16(21)22-13-14-6-4-3-5-7-14/h2-7H,1,8-13H2,(H,19,20). The molecule has 1 amide bonds.